The van der Waals surface area contributed by atoms with Crippen molar-refractivity contribution in [1.29, 1.82) is 0 Å². The fraction of sp³-hybridized carbons (Fsp3) is 0.467. The average Bonchev–Trinajstić information content (AvgIpc) is 2.64. The van der Waals surface area contributed by atoms with E-state index >= 15 is 0 Å². The van der Waals surface area contributed by atoms with Gasteiger partial charge in [0.1, 0.15) is 0 Å². The monoisotopic (exact) mass is 277 g/mol. The molecule has 108 valence electrons. The molecule has 1 heterocycles. The normalized spacial score (nSPS) is 30.3. The zero-order valence-corrected chi connectivity index (χ0v) is 11.7. The van der Waals surface area contributed by atoms with Crippen molar-refractivity contribution in [2.45, 2.75) is 20.4 Å². The molecule has 2 N–H and O–H groups in total. The summed E-state index contributed by atoms with van der Waals surface area (Å²) in [4.78, 5) is 25.0. The van der Waals surface area contributed by atoms with E-state index in [-0.39, 0.29) is 13.1 Å². The topological polar surface area (TPSA) is 77.8 Å². The number of carboxylic acids is 2. The van der Waals surface area contributed by atoms with E-state index in [1.54, 1.807) is 0 Å². The summed E-state index contributed by atoms with van der Waals surface area (Å²) < 4.78 is 0. The highest BCUT2D eigenvalue weighted by Crippen LogP contribution is 2.46. The predicted octanol–water partition coefficient (Wildman–Crippen LogP) is 1.68. The number of aliphatic carboxylic acids is 2. The molecule has 1 saturated heterocycles. The molecule has 0 radical (unpaired) electrons. The molecule has 0 spiro atoms. The highest BCUT2D eigenvalue weighted by Gasteiger charge is 2.61. The summed E-state index contributed by atoms with van der Waals surface area (Å²) in [5, 5.41) is 18.9. The summed E-state index contributed by atoms with van der Waals surface area (Å²) >= 11 is 0. The van der Waals surface area contributed by atoms with E-state index < -0.39 is 22.8 Å². The largest absolute Gasteiger partial charge is 0.481 e. The first-order valence-electron chi connectivity index (χ1n) is 6.53. The maximum atomic E-state index is 11.6. The molecule has 1 aromatic rings. The molecular weight excluding hydrogens is 258 g/mol. The first-order chi connectivity index (χ1) is 9.29. The standard InChI is InChI=1S/C15H19NO4/c1-14(12(17)18)9-16(10-15(14,2)13(19)20)8-11-6-4-3-5-7-11/h3-7H,8-10H2,1-2H3,(H,17,18)(H,19,20)/t14-,15-/m0/s1. The van der Waals surface area contributed by atoms with Gasteiger partial charge in [-0.25, -0.2) is 0 Å². The van der Waals surface area contributed by atoms with Crippen molar-refractivity contribution in [3.63, 3.8) is 0 Å². The molecule has 5 nitrogen and oxygen atoms in total. The smallest absolute Gasteiger partial charge is 0.311 e. The highest BCUT2D eigenvalue weighted by molar-refractivity contribution is 5.87. The van der Waals surface area contributed by atoms with Crippen molar-refractivity contribution in [2.75, 3.05) is 13.1 Å². The maximum Gasteiger partial charge on any atom is 0.311 e. The maximum absolute atomic E-state index is 11.6. The lowest BCUT2D eigenvalue weighted by molar-refractivity contribution is -0.166. The van der Waals surface area contributed by atoms with Gasteiger partial charge in [-0.15, -0.1) is 0 Å². The van der Waals surface area contributed by atoms with Gasteiger partial charge in [0, 0.05) is 19.6 Å². The molecule has 20 heavy (non-hydrogen) atoms. The molecule has 0 saturated carbocycles. The van der Waals surface area contributed by atoms with Crippen molar-refractivity contribution in [3.8, 4) is 0 Å². The summed E-state index contributed by atoms with van der Waals surface area (Å²) in [6, 6.07) is 9.65. The lowest BCUT2D eigenvalue weighted by Crippen LogP contribution is -2.48. The zero-order valence-electron chi connectivity index (χ0n) is 11.7. The van der Waals surface area contributed by atoms with E-state index in [0.717, 1.165) is 5.56 Å². The third-order valence-corrected chi connectivity index (χ3v) is 4.49. The lowest BCUT2D eigenvalue weighted by atomic mass is 9.68. The number of benzene rings is 1. The Morgan fingerprint density at radius 2 is 1.50 bits per heavy atom. The van der Waals surface area contributed by atoms with Crippen LogP contribution in [0.4, 0.5) is 0 Å². The minimum atomic E-state index is -1.28. The van der Waals surface area contributed by atoms with Crippen molar-refractivity contribution in [2.24, 2.45) is 10.8 Å². The van der Waals surface area contributed by atoms with Crippen LogP contribution in [0.1, 0.15) is 19.4 Å². The van der Waals surface area contributed by atoms with Gasteiger partial charge in [-0.1, -0.05) is 30.3 Å². The van der Waals surface area contributed by atoms with Gasteiger partial charge in [0.25, 0.3) is 0 Å². The summed E-state index contributed by atoms with van der Waals surface area (Å²) in [6.45, 7) is 4.08. The van der Waals surface area contributed by atoms with Gasteiger partial charge >= 0.3 is 11.9 Å². The molecule has 5 heteroatoms. The molecule has 1 fully saturated rings. The van der Waals surface area contributed by atoms with Crippen molar-refractivity contribution < 1.29 is 19.8 Å². The van der Waals surface area contributed by atoms with Crippen molar-refractivity contribution in [3.05, 3.63) is 35.9 Å². The molecule has 0 aromatic heterocycles. The van der Waals surface area contributed by atoms with Gasteiger partial charge in [0.05, 0.1) is 10.8 Å². The molecule has 0 bridgehead atoms. The Hall–Kier alpha value is -1.88. The summed E-state index contributed by atoms with van der Waals surface area (Å²) in [5.41, 5.74) is -1.52. The third-order valence-electron chi connectivity index (χ3n) is 4.49. The molecule has 0 amide bonds. The van der Waals surface area contributed by atoms with Crippen LogP contribution < -0.4 is 0 Å². The van der Waals surface area contributed by atoms with Crippen molar-refractivity contribution >= 4 is 11.9 Å². The summed E-state index contributed by atoms with van der Waals surface area (Å²) in [6.07, 6.45) is 0. The predicted molar refractivity (Wildman–Crippen MR) is 73.2 cm³/mol. The van der Waals surface area contributed by atoms with E-state index in [1.165, 1.54) is 13.8 Å². The Balaban J connectivity index is 2.25. The van der Waals surface area contributed by atoms with E-state index in [4.69, 9.17) is 0 Å². The number of rotatable bonds is 4. The zero-order chi connectivity index (χ0) is 15.0. The number of carbonyl (C=O) groups is 2. The van der Waals surface area contributed by atoms with E-state index in [2.05, 4.69) is 0 Å². The molecule has 0 unspecified atom stereocenters. The second-order valence-electron chi connectivity index (χ2n) is 5.91. The Morgan fingerprint density at radius 1 is 1.05 bits per heavy atom. The van der Waals surface area contributed by atoms with Crippen molar-refractivity contribution in [1.82, 2.24) is 4.90 Å². The van der Waals surface area contributed by atoms with E-state index in [1.807, 2.05) is 35.2 Å². The Kier molecular flexibility index (Phi) is 3.56. The quantitative estimate of drug-likeness (QED) is 0.875. The van der Waals surface area contributed by atoms with E-state index in [9.17, 15) is 19.8 Å². The van der Waals surface area contributed by atoms with Gasteiger partial charge in [0.2, 0.25) is 0 Å². The first-order valence-corrected chi connectivity index (χ1v) is 6.53. The minimum Gasteiger partial charge on any atom is -0.481 e. The van der Waals surface area contributed by atoms with Crippen LogP contribution >= 0.6 is 0 Å². The van der Waals surface area contributed by atoms with Gasteiger partial charge in [0.15, 0.2) is 0 Å². The molecule has 1 aliphatic heterocycles. The van der Waals surface area contributed by atoms with Crippen LogP contribution in [0, 0.1) is 10.8 Å². The fourth-order valence-electron chi connectivity index (χ4n) is 2.86. The number of carboxylic acid groups (broad SMARTS) is 2. The minimum absolute atomic E-state index is 0.236. The van der Waals surface area contributed by atoms with Crippen LogP contribution in [-0.4, -0.2) is 40.1 Å². The molecule has 1 aliphatic rings. The molecule has 1 aromatic carbocycles. The van der Waals surface area contributed by atoms with Gasteiger partial charge in [-0.3, -0.25) is 14.5 Å². The van der Waals surface area contributed by atoms with Crippen LogP contribution in [0.3, 0.4) is 0 Å². The van der Waals surface area contributed by atoms with Gasteiger partial charge in [-0.05, 0) is 19.4 Å². The average molecular weight is 277 g/mol. The van der Waals surface area contributed by atoms with Crippen LogP contribution in [0.15, 0.2) is 30.3 Å². The Bertz CT molecular complexity index is 502. The Morgan fingerprint density at radius 3 is 1.90 bits per heavy atom. The summed E-state index contributed by atoms with van der Waals surface area (Å²) in [7, 11) is 0. The van der Waals surface area contributed by atoms with Crippen LogP contribution in [0.2, 0.25) is 0 Å². The first kappa shape index (κ1) is 14.5. The molecule has 2 atom stereocenters. The fourth-order valence-corrected chi connectivity index (χ4v) is 2.86. The molecule has 2 rings (SSSR count). The number of likely N-dealkylation sites (tertiary alicyclic amines) is 1. The van der Waals surface area contributed by atoms with Gasteiger partial charge in [-0.2, -0.15) is 0 Å². The second kappa shape index (κ2) is 4.90. The molecular formula is C15H19NO4. The highest BCUT2D eigenvalue weighted by atomic mass is 16.4. The van der Waals surface area contributed by atoms with Crippen LogP contribution in [0.25, 0.3) is 0 Å². The SMILES string of the molecule is C[C@@]1(C(=O)O)CN(Cc2ccccc2)C[C@@]1(C)C(=O)O. The second-order valence-corrected chi connectivity index (χ2v) is 5.91. The lowest BCUT2D eigenvalue weighted by Gasteiger charge is -2.32. The number of hydrogen-bond donors (Lipinski definition) is 2. The summed E-state index contributed by atoms with van der Waals surface area (Å²) in [5.74, 6) is -2.11. The van der Waals surface area contributed by atoms with Crippen LogP contribution in [-0.2, 0) is 16.1 Å². The van der Waals surface area contributed by atoms with Gasteiger partial charge < -0.3 is 10.2 Å². The van der Waals surface area contributed by atoms with E-state index in [0.29, 0.717) is 6.54 Å². The molecule has 0 aliphatic carbocycles. The Labute approximate surface area is 117 Å². The third kappa shape index (κ3) is 2.18. The number of hydrogen-bond acceptors (Lipinski definition) is 3. The number of nitrogens with zero attached hydrogens (tertiary/aromatic N) is 1. The van der Waals surface area contributed by atoms with Crippen LogP contribution in [0.5, 0.6) is 0 Å².